The van der Waals surface area contributed by atoms with Crippen LogP contribution < -0.4 is 9.47 Å². The Morgan fingerprint density at radius 2 is 2.18 bits per heavy atom. The Morgan fingerprint density at radius 1 is 1.36 bits per heavy atom. The van der Waals surface area contributed by atoms with Crippen molar-refractivity contribution < 1.29 is 19.4 Å². The number of rotatable bonds is 8. The van der Waals surface area contributed by atoms with Gasteiger partial charge in [0.25, 0.3) is 0 Å². The molecule has 0 aliphatic carbocycles. The molecule has 0 bridgehead atoms. The monoisotopic (exact) mass is 307 g/mol. The van der Waals surface area contributed by atoms with E-state index in [1.807, 2.05) is 25.1 Å². The van der Waals surface area contributed by atoms with E-state index in [1.165, 1.54) is 0 Å². The molecule has 122 valence electrons. The van der Waals surface area contributed by atoms with Crippen LogP contribution in [0.3, 0.4) is 0 Å². The van der Waals surface area contributed by atoms with Gasteiger partial charge in [-0.1, -0.05) is 19.1 Å². The van der Waals surface area contributed by atoms with E-state index in [4.69, 9.17) is 14.6 Å². The highest BCUT2D eigenvalue weighted by Gasteiger charge is 2.28. The van der Waals surface area contributed by atoms with E-state index in [1.54, 1.807) is 0 Å². The molecule has 1 aliphatic rings. The molecule has 1 atom stereocenters. The normalized spacial score (nSPS) is 18.4. The van der Waals surface area contributed by atoms with E-state index < -0.39 is 5.97 Å². The Bertz CT molecular complexity index is 503. The molecular formula is C17H25NO4. The number of hydrogen-bond acceptors (Lipinski definition) is 4. The van der Waals surface area contributed by atoms with Gasteiger partial charge in [0.2, 0.25) is 0 Å². The molecule has 1 unspecified atom stereocenters. The maximum absolute atomic E-state index is 11.1. The largest absolute Gasteiger partial charge is 0.490 e. The van der Waals surface area contributed by atoms with Crippen LogP contribution in [0.25, 0.3) is 0 Å². The second kappa shape index (κ2) is 8.03. The Balaban J connectivity index is 2.12. The van der Waals surface area contributed by atoms with Crippen molar-refractivity contribution in [3.8, 4) is 11.5 Å². The van der Waals surface area contributed by atoms with Crippen LogP contribution in [-0.4, -0.2) is 42.3 Å². The minimum absolute atomic E-state index is 0.255. The number of carboxylic acid groups (broad SMARTS) is 1. The first-order valence-corrected chi connectivity index (χ1v) is 7.98. The lowest BCUT2D eigenvalue weighted by Crippen LogP contribution is -2.23. The quantitative estimate of drug-likeness (QED) is 0.800. The number of para-hydroxylation sites is 1. The average molecular weight is 307 g/mol. The lowest BCUT2D eigenvalue weighted by atomic mass is 10.1. The fraction of sp³-hybridized carbons (Fsp3) is 0.588. The molecule has 0 spiro atoms. The molecule has 22 heavy (non-hydrogen) atoms. The number of hydrogen-bond donors (Lipinski definition) is 1. The molecule has 0 aromatic heterocycles. The van der Waals surface area contributed by atoms with Crippen LogP contribution in [0.4, 0.5) is 0 Å². The second-order valence-electron chi connectivity index (χ2n) is 5.58. The topological polar surface area (TPSA) is 59.0 Å². The molecule has 2 rings (SSSR count). The van der Waals surface area contributed by atoms with E-state index in [-0.39, 0.29) is 5.92 Å². The first-order chi connectivity index (χ1) is 10.7. The van der Waals surface area contributed by atoms with Crippen molar-refractivity contribution in [1.29, 1.82) is 0 Å². The zero-order valence-electron chi connectivity index (χ0n) is 13.4. The van der Waals surface area contributed by atoms with Gasteiger partial charge in [-0.3, -0.25) is 9.69 Å². The number of benzene rings is 1. The molecule has 0 radical (unpaired) electrons. The fourth-order valence-electron chi connectivity index (χ4n) is 2.74. The molecule has 5 heteroatoms. The summed E-state index contributed by atoms with van der Waals surface area (Å²) in [4.78, 5) is 13.2. The molecule has 1 fully saturated rings. The minimum atomic E-state index is -0.701. The minimum Gasteiger partial charge on any atom is -0.490 e. The third kappa shape index (κ3) is 4.13. The van der Waals surface area contributed by atoms with Crippen molar-refractivity contribution in [2.45, 2.75) is 33.2 Å². The second-order valence-corrected chi connectivity index (χ2v) is 5.58. The Morgan fingerprint density at radius 3 is 2.82 bits per heavy atom. The summed E-state index contributed by atoms with van der Waals surface area (Å²) in [6.45, 7) is 7.37. The summed E-state index contributed by atoms with van der Waals surface area (Å²) in [5, 5.41) is 9.11. The number of carboxylic acids is 1. The van der Waals surface area contributed by atoms with Crippen LogP contribution in [0.2, 0.25) is 0 Å². The van der Waals surface area contributed by atoms with Gasteiger partial charge in [0.15, 0.2) is 11.5 Å². The summed E-state index contributed by atoms with van der Waals surface area (Å²) in [5.74, 6) is 0.607. The summed E-state index contributed by atoms with van der Waals surface area (Å²) in [6.07, 6.45) is 1.65. The first kappa shape index (κ1) is 16.6. The Kier molecular flexibility index (Phi) is 6.07. The molecule has 1 aliphatic heterocycles. The summed E-state index contributed by atoms with van der Waals surface area (Å²) >= 11 is 0. The molecule has 1 heterocycles. The molecule has 1 aromatic carbocycles. The number of aliphatic carboxylic acids is 1. The maximum atomic E-state index is 11.1. The predicted molar refractivity (Wildman–Crippen MR) is 84.4 cm³/mol. The molecule has 0 amide bonds. The zero-order chi connectivity index (χ0) is 15.9. The highest BCUT2D eigenvalue weighted by atomic mass is 16.5. The molecule has 1 saturated heterocycles. The Labute approximate surface area is 131 Å². The molecular weight excluding hydrogens is 282 g/mol. The summed E-state index contributed by atoms with van der Waals surface area (Å²) < 4.78 is 11.5. The Hall–Kier alpha value is -1.75. The SMILES string of the molecule is CCCOc1c(CN2CCC(C(=O)O)C2)cccc1OCC. The number of likely N-dealkylation sites (tertiary alicyclic amines) is 1. The van der Waals surface area contributed by atoms with Crippen molar-refractivity contribution in [3.63, 3.8) is 0 Å². The zero-order valence-corrected chi connectivity index (χ0v) is 13.4. The average Bonchev–Trinajstić information content (AvgIpc) is 2.96. The predicted octanol–water partition coefficient (Wildman–Crippen LogP) is 2.78. The third-order valence-electron chi connectivity index (χ3n) is 3.83. The van der Waals surface area contributed by atoms with Crippen LogP contribution in [-0.2, 0) is 11.3 Å². The van der Waals surface area contributed by atoms with Gasteiger partial charge >= 0.3 is 5.97 Å². The van der Waals surface area contributed by atoms with E-state index in [0.29, 0.717) is 32.7 Å². The molecule has 5 nitrogen and oxygen atoms in total. The van der Waals surface area contributed by atoms with Gasteiger partial charge in [0, 0.05) is 18.7 Å². The number of nitrogens with zero attached hydrogens (tertiary/aromatic N) is 1. The van der Waals surface area contributed by atoms with Crippen molar-refractivity contribution in [2.24, 2.45) is 5.92 Å². The van der Waals surface area contributed by atoms with Gasteiger partial charge in [-0.15, -0.1) is 0 Å². The highest BCUT2D eigenvalue weighted by Crippen LogP contribution is 2.33. The van der Waals surface area contributed by atoms with Gasteiger partial charge in [-0.05, 0) is 32.4 Å². The highest BCUT2D eigenvalue weighted by molar-refractivity contribution is 5.70. The summed E-state index contributed by atoms with van der Waals surface area (Å²) in [5.41, 5.74) is 1.06. The lowest BCUT2D eigenvalue weighted by Gasteiger charge is -2.20. The van der Waals surface area contributed by atoms with Crippen molar-refractivity contribution >= 4 is 5.97 Å². The van der Waals surface area contributed by atoms with Gasteiger partial charge in [0.05, 0.1) is 19.1 Å². The van der Waals surface area contributed by atoms with Gasteiger partial charge in [-0.2, -0.15) is 0 Å². The van der Waals surface area contributed by atoms with Crippen molar-refractivity contribution in [3.05, 3.63) is 23.8 Å². The van der Waals surface area contributed by atoms with E-state index >= 15 is 0 Å². The standard InChI is InChI=1S/C17H25NO4/c1-3-10-22-16-13(6-5-7-15(16)21-4-2)11-18-9-8-14(12-18)17(19)20/h5-7,14H,3-4,8-12H2,1-2H3,(H,19,20). The number of ether oxygens (including phenoxy) is 2. The molecule has 1 N–H and O–H groups in total. The smallest absolute Gasteiger partial charge is 0.307 e. The third-order valence-corrected chi connectivity index (χ3v) is 3.83. The van der Waals surface area contributed by atoms with Crippen LogP contribution in [0, 0.1) is 5.92 Å². The van der Waals surface area contributed by atoms with E-state index in [9.17, 15) is 4.79 Å². The van der Waals surface area contributed by atoms with E-state index in [2.05, 4.69) is 11.8 Å². The first-order valence-electron chi connectivity index (χ1n) is 7.98. The van der Waals surface area contributed by atoms with Crippen LogP contribution in [0.1, 0.15) is 32.3 Å². The number of carbonyl (C=O) groups is 1. The van der Waals surface area contributed by atoms with E-state index in [0.717, 1.165) is 30.0 Å². The van der Waals surface area contributed by atoms with Crippen LogP contribution in [0.5, 0.6) is 11.5 Å². The molecule has 0 saturated carbocycles. The maximum Gasteiger partial charge on any atom is 0.307 e. The fourth-order valence-corrected chi connectivity index (χ4v) is 2.74. The van der Waals surface area contributed by atoms with Gasteiger partial charge in [0.1, 0.15) is 0 Å². The van der Waals surface area contributed by atoms with Gasteiger partial charge in [-0.25, -0.2) is 0 Å². The van der Waals surface area contributed by atoms with Crippen LogP contribution in [0.15, 0.2) is 18.2 Å². The van der Waals surface area contributed by atoms with Crippen molar-refractivity contribution in [1.82, 2.24) is 4.90 Å². The summed E-state index contributed by atoms with van der Waals surface area (Å²) in [6, 6.07) is 5.91. The lowest BCUT2D eigenvalue weighted by molar-refractivity contribution is -0.141. The van der Waals surface area contributed by atoms with Gasteiger partial charge < -0.3 is 14.6 Å². The van der Waals surface area contributed by atoms with Crippen LogP contribution >= 0.6 is 0 Å². The van der Waals surface area contributed by atoms with Crippen molar-refractivity contribution in [2.75, 3.05) is 26.3 Å². The molecule has 1 aromatic rings. The summed E-state index contributed by atoms with van der Waals surface area (Å²) in [7, 11) is 0.